The molecule has 12 atom stereocenters. The molecule has 10 unspecified atom stereocenters. The fourth-order valence-electron chi connectivity index (χ4n) is 7.42. The molecule has 3 saturated heterocycles. The van der Waals surface area contributed by atoms with Gasteiger partial charge >= 0.3 is 0 Å². The normalized spacial score (nSPS) is 30.9. The maximum atomic E-state index is 13.4. The Morgan fingerprint density at radius 3 is 2.46 bits per heavy atom. The number of amides is 3. The van der Waals surface area contributed by atoms with Crippen LogP contribution in [-0.4, -0.2) is 167 Å². The van der Waals surface area contributed by atoms with Gasteiger partial charge < -0.3 is 70.0 Å². The van der Waals surface area contributed by atoms with E-state index in [2.05, 4.69) is 27.5 Å². The van der Waals surface area contributed by atoms with Crippen LogP contribution >= 0.6 is 12.2 Å². The van der Waals surface area contributed by atoms with Gasteiger partial charge in [-0.1, -0.05) is 6.92 Å². The third-order valence-electron chi connectivity index (χ3n) is 10.7. The molecular weight excluding hydrogens is 797 g/mol. The summed E-state index contributed by atoms with van der Waals surface area (Å²) in [7, 11) is 1.90. The van der Waals surface area contributed by atoms with E-state index in [0.29, 0.717) is 29.9 Å². The molecule has 21 nitrogen and oxygen atoms in total. The van der Waals surface area contributed by atoms with Gasteiger partial charge in [0.1, 0.15) is 67.0 Å². The number of thiocarbonyl (C=S) groups is 1. The minimum atomic E-state index is -1.98. The Hall–Kier alpha value is -4.93. The van der Waals surface area contributed by atoms with Crippen molar-refractivity contribution in [3.63, 3.8) is 0 Å². The summed E-state index contributed by atoms with van der Waals surface area (Å²) in [6.07, 6.45) is -12.3. The van der Waals surface area contributed by atoms with Gasteiger partial charge in [0.05, 0.1) is 24.1 Å². The second-order valence-corrected chi connectivity index (χ2v) is 14.9. The minimum Gasteiger partial charge on any atom is -0.431 e. The minimum absolute atomic E-state index is 0.0222. The Kier molecular flexibility index (Phi) is 13.7. The highest BCUT2D eigenvalue weighted by atomic mass is 32.1. The van der Waals surface area contributed by atoms with E-state index in [4.69, 9.17) is 36.4 Å². The number of hydrogen-bond acceptors (Lipinski definition) is 18. The van der Waals surface area contributed by atoms with Gasteiger partial charge in [-0.2, -0.15) is 5.26 Å². The van der Waals surface area contributed by atoms with Crippen LogP contribution in [-0.2, 0) is 28.6 Å². The molecule has 59 heavy (non-hydrogen) atoms. The molecule has 6 rings (SSSR count). The number of piperidine rings is 1. The molecule has 3 amide bonds. The van der Waals surface area contributed by atoms with Gasteiger partial charge in [-0.15, -0.1) is 0 Å². The number of ether oxygens (including phenoxy) is 4. The number of aromatic nitrogens is 3. The number of carbonyl (C=O) groups is 3. The molecule has 3 aromatic rings. The van der Waals surface area contributed by atoms with Crippen LogP contribution in [0, 0.1) is 17.2 Å². The average Bonchev–Trinajstić information content (AvgIpc) is 3.66. The molecule has 2 aromatic heterocycles. The van der Waals surface area contributed by atoms with Gasteiger partial charge in [-0.3, -0.25) is 19.0 Å². The van der Waals surface area contributed by atoms with Gasteiger partial charge in [-0.05, 0) is 54.9 Å². The molecule has 1 aromatic carbocycles. The standard InChI is InChI=1S/C37H46N8O13S/c1-17-9-12-44(24(48)8-11-38)14-22(17)43(3)32-21-10-13-45(33(21)40-16-39-32)37(59)55-20-6-4-19(5-7-20)42-34(53)31-28(51)27(50)29(52)36(58-31)57-30-25(41-18(2)47)35(54)56-23(15-46)26(30)49/h4-7,10,13,16-17,22-23,25-31,35-36,46,49-52,54H,8-9,12,14-15H2,1-3H3,(H,41,47)(H,42,53)/t17-,22+,23?,25?,26?,27?,28?,29?,30?,31?,35?,36?/m1/s1. The summed E-state index contributed by atoms with van der Waals surface area (Å²) in [6.45, 7) is 3.51. The zero-order chi connectivity index (χ0) is 42.7. The van der Waals surface area contributed by atoms with Crippen molar-refractivity contribution in [1.82, 2.24) is 24.8 Å². The summed E-state index contributed by atoms with van der Waals surface area (Å²) in [6, 6.07) is 8.18. The predicted molar refractivity (Wildman–Crippen MR) is 207 cm³/mol. The van der Waals surface area contributed by atoms with Crippen LogP contribution in [0.1, 0.15) is 26.7 Å². The number of nitrogens with one attached hydrogen (secondary N) is 2. The van der Waals surface area contributed by atoms with Gasteiger partial charge in [-0.25, -0.2) is 9.97 Å². The number of likely N-dealkylation sites (N-methyl/N-ethyl adjacent to an activating group) is 1. The van der Waals surface area contributed by atoms with Crippen molar-refractivity contribution in [2.24, 2.45) is 5.92 Å². The van der Waals surface area contributed by atoms with Gasteiger partial charge in [0.25, 0.3) is 11.1 Å². The van der Waals surface area contributed by atoms with Gasteiger partial charge in [0.15, 0.2) is 24.3 Å². The molecule has 8 N–H and O–H groups in total. The van der Waals surface area contributed by atoms with E-state index in [0.717, 1.165) is 13.3 Å². The van der Waals surface area contributed by atoms with Crippen molar-refractivity contribution in [3.05, 3.63) is 42.9 Å². The summed E-state index contributed by atoms with van der Waals surface area (Å²) in [5, 5.41) is 77.4. The second kappa shape index (κ2) is 18.6. The number of fused-ring (bicyclic) bond motifs is 1. The first-order chi connectivity index (χ1) is 28.1. The molecule has 0 spiro atoms. The van der Waals surface area contributed by atoms with Crippen molar-refractivity contribution in [1.29, 1.82) is 5.26 Å². The van der Waals surface area contributed by atoms with E-state index in [9.17, 15) is 45.0 Å². The summed E-state index contributed by atoms with van der Waals surface area (Å²) >= 11 is 5.61. The van der Waals surface area contributed by atoms with Gasteiger partial charge in [0, 0.05) is 38.9 Å². The molecule has 0 aliphatic carbocycles. The molecule has 0 radical (unpaired) electrons. The maximum absolute atomic E-state index is 13.4. The third-order valence-corrected chi connectivity index (χ3v) is 11.0. The van der Waals surface area contributed by atoms with Gasteiger partial charge in [0.2, 0.25) is 11.8 Å². The largest absolute Gasteiger partial charge is 0.431 e. The van der Waals surface area contributed by atoms with E-state index in [1.54, 1.807) is 21.7 Å². The van der Waals surface area contributed by atoms with Crippen LogP contribution in [0.4, 0.5) is 11.5 Å². The smallest absolute Gasteiger partial charge is 0.274 e. The zero-order valence-corrected chi connectivity index (χ0v) is 33.0. The molecule has 5 heterocycles. The number of anilines is 2. The Morgan fingerprint density at radius 1 is 1.05 bits per heavy atom. The monoisotopic (exact) mass is 842 g/mol. The molecule has 318 valence electrons. The number of carbonyl (C=O) groups excluding carboxylic acids is 3. The van der Waals surface area contributed by atoms with Crippen LogP contribution < -0.4 is 20.3 Å². The highest BCUT2D eigenvalue weighted by molar-refractivity contribution is 7.80. The quantitative estimate of drug-likeness (QED) is 0.102. The number of rotatable bonds is 10. The van der Waals surface area contributed by atoms with E-state index >= 15 is 0 Å². The number of likely N-dealkylation sites (tertiary alicyclic amines) is 1. The van der Waals surface area contributed by atoms with Crippen molar-refractivity contribution in [2.75, 3.05) is 37.0 Å². The predicted octanol–water partition coefficient (Wildman–Crippen LogP) is -2.06. The lowest BCUT2D eigenvalue weighted by atomic mass is 9.92. The van der Waals surface area contributed by atoms with E-state index in [-0.39, 0.29) is 40.9 Å². The lowest BCUT2D eigenvalue weighted by Crippen LogP contribution is -2.68. The maximum Gasteiger partial charge on any atom is 0.274 e. The Balaban J connectivity index is 1.10. The fourth-order valence-corrected chi connectivity index (χ4v) is 7.66. The number of aliphatic hydroxyl groups is 6. The van der Waals surface area contributed by atoms with E-state index < -0.39 is 79.8 Å². The Morgan fingerprint density at radius 2 is 1.78 bits per heavy atom. The van der Waals surface area contributed by atoms with E-state index in [1.807, 2.05) is 18.0 Å². The molecule has 22 heteroatoms. The molecular formula is C37H46N8O13S. The fraction of sp³-hybridized carbons (Fsp3) is 0.541. The van der Waals surface area contributed by atoms with Crippen molar-refractivity contribution >= 4 is 57.7 Å². The van der Waals surface area contributed by atoms with Crippen LogP contribution in [0.3, 0.4) is 0 Å². The number of benzene rings is 1. The Labute approximate surface area is 342 Å². The van der Waals surface area contributed by atoms with Crippen molar-refractivity contribution in [3.8, 4) is 11.8 Å². The lowest BCUT2D eigenvalue weighted by Gasteiger charge is -2.46. The van der Waals surface area contributed by atoms with Crippen LogP contribution in [0.15, 0.2) is 42.9 Å². The average molecular weight is 843 g/mol. The van der Waals surface area contributed by atoms with Crippen molar-refractivity contribution < 1.29 is 64.0 Å². The second-order valence-electron chi connectivity index (χ2n) is 14.6. The third kappa shape index (κ3) is 9.29. The zero-order valence-electron chi connectivity index (χ0n) is 32.1. The summed E-state index contributed by atoms with van der Waals surface area (Å²) in [5.74, 6) is -0.660. The molecule has 0 bridgehead atoms. The highest BCUT2D eigenvalue weighted by Crippen LogP contribution is 2.32. The van der Waals surface area contributed by atoms with Crippen LogP contribution in [0.25, 0.3) is 11.0 Å². The molecule has 3 aliphatic heterocycles. The number of aliphatic hydroxyl groups excluding tert-OH is 6. The number of hydrogen-bond donors (Lipinski definition) is 8. The summed E-state index contributed by atoms with van der Waals surface area (Å²) in [4.78, 5) is 50.3. The van der Waals surface area contributed by atoms with Crippen molar-refractivity contribution in [2.45, 2.75) is 94.1 Å². The topological polar surface area (TPSA) is 295 Å². The SMILES string of the molecule is CC(=O)NC1C(O)OC(CO)C(O)C1OC1OC(C(=O)Nc2ccc(OC(=S)n3ccc4c(N(C)[C@H]5CN(C(=O)CC#N)CC[C@H]5C)ncnc43)cc2)C(O)C(O)C1O. The van der Waals surface area contributed by atoms with Crippen LogP contribution in [0.5, 0.6) is 5.75 Å². The molecule has 3 aliphatic rings. The number of nitrogens with zero attached hydrogens (tertiary/aromatic N) is 6. The first-order valence-corrected chi connectivity index (χ1v) is 19.1. The first-order valence-electron chi connectivity index (χ1n) is 18.7. The molecule has 0 saturated carbocycles. The first kappa shape index (κ1) is 43.6. The van der Waals surface area contributed by atoms with Crippen LogP contribution in [0.2, 0.25) is 0 Å². The number of nitriles is 1. The summed E-state index contributed by atoms with van der Waals surface area (Å²) < 4.78 is 23.9. The Bertz CT molecular complexity index is 2050. The summed E-state index contributed by atoms with van der Waals surface area (Å²) in [5.41, 5.74) is 0.678. The molecule has 3 fully saturated rings. The highest BCUT2D eigenvalue weighted by Gasteiger charge is 2.52. The lowest BCUT2D eigenvalue weighted by molar-refractivity contribution is -0.334. The van der Waals surface area contributed by atoms with E-state index in [1.165, 1.54) is 30.6 Å².